The van der Waals surface area contributed by atoms with Crippen LogP contribution in [0.25, 0.3) is 0 Å². The maximum absolute atomic E-state index is 5.46. The van der Waals surface area contributed by atoms with Gasteiger partial charge in [-0.15, -0.1) is 24.0 Å². The fourth-order valence-electron chi connectivity index (χ4n) is 4.49. The Labute approximate surface area is 165 Å². The lowest BCUT2D eigenvalue weighted by molar-refractivity contribution is 0.0625. The molecule has 0 bridgehead atoms. The minimum Gasteiger partial charge on any atom is -0.381 e. The van der Waals surface area contributed by atoms with Gasteiger partial charge in [0.25, 0.3) is 0 Å². The van der Waals surface area contributed by atoms with Crippen molar-refractivity contribution in [3.63, 3.8) is 0 Å². The van der Waals surface area contributed by atoms with Gasteiger partial charge in [-0.25, -0.2) is 0 Å². The average molecular weight is 449 g/mol. The molecule has 2 atom stereocenters. The maximum atomic E-state index is 5.46. The van der Waals surface area contributed by atoms with Crippen molar-refractivity contribution in [2.45, 2.75) is 63.8 Å². The second-order valence-corrected chi connectivity index (χ2v) is 7.86. The second-order valence-electron chi connectivity index (χ2n) is 7.86. The van der Waals surface area contributed by atoms with Crippen LogP contribution in [0.15, 0.2) is 4.99 Å². The predicted octanol–water partition coefficient (Wildman–Crippen LogP) is 3.90. The van der Waals surface area contributed by atoms with Gasteiger partial charge in [-0.3, -0.25) is 4.99 Å². The monoisotopic (exact) mass is 449 g/mol. The SMILES string of the molecule is CN=C(NC1CC1C1CCCCC1)N(C)CCC1CCOCC1.I. The number of ether oxygens (including phenoxy) is 1. The second kappa shape index (κ2) is 10.2. The molecule has 1 N–H and O–H groups in total. The molecule has 140 valence electrons. The van der Waals surface area contributed by atoms with Crippen LogP contribution in [-0.4, -0.2) is 50.8 Å². The number of hydrogen-bond donors (Lipinski definition) is 1. The van der Waals surface area contributed by atoms with E-state index in [1.807, 2.05) is 7.05 Å². The summed E-state index contributed by atoms with van der Waals surface area (Å²) in [7, 11) is 4.11. The molecule has 2 aliphatic carbocycles. The Bertz CT molecular complexity index is 392. The molecule has 0 aromatic rings. The molecule has 2 saturated carbocycles. The summed E-state index contributed by atoms with van der Waals surface area (Å²) in [6, 6.07) is 0.683. The molecule has 0 amide bonds. The van der Waals surface area contributed by atoms with Crippen LogP contribution >= 0.6 is 24.0 Å². The van der Waals surface area contributed by atoms with Crippen LogP contribution in [-0.2, 0) is 4.74 Å². The highest BCUT2D eigenvalue weighted by Crippen LogP contribution is 2.44. The van der Waals surface area contributed by atoms with Crippen LogP contribution in [0.1, 0.15) is 57.8 Å². The highest BCUT2D eigenvalue weighted by atomic mass is 127. The summed E-state index contributed by atoms with van der Waals surface area (Å²) in [6.45, 7) is 3.00. The van der Waals surface area contributed by atoms with Crippen molar-refractivity contribution in [2.75, 3.05) is 33.9 Å². The van der Waals surface area contributed by atoms with Gasteiger partial charge in [-0.2, -0.15) is 0 Å². The van der Waals surface area contributed by atoms with Gasteiger partial charge in [0.05, 0.1) is 0 Å². The lowest BCUT2D eigenvalue weighted by Crippen LogP contribution is -2.42. The van der Waals surface area contributed by atoms with Gasteiger partial charge >= 0.3 is 0 Å². The van der Waals surface area contributed by atoms with Gasteiger partial charge in [0.1, 0.15) is 0 Å². The molecule has 1 heterocycles. The summed E-state index contributed by atoms with van der Waals surface area (Å²) >= 11 is 0. The first kappa shape index (κ1) is 20.3. The molecule has 5 heteroatoms. The fourth-order valence-corrected chi connectivity index (χ4v) is 4.49. The molecule has 2 unspecified atom stereocenters. The van der Waals surface area contributed by atoms with E-state index in [2.05, 4.69) is 22.3 Å². The van der Waals surface area contributed by atoms with Gasteiger partial charge in [-0.05, 0) is 43.4 Å². The Balaban J connectivity index is 0.00000208. The van der Waals surface area contributed by atoms with Crippen LogP contribution in [0.5, 0.6) is 0 Å². The third kappa shape index (κ3) is 5.75. The van der Waals surface area contributed by atoms with Crippen molar-refractivity contribution in [3.8, 4) is 0 Å². The molecule has 3 fully saturated rings. The first-order chi connectivity index (χ1) is 11.3. The zero-order chi connectivity index (χ0) is 16.1. The topological polar surface area (TPSA) is 36.9 Å². The van der Waals surface area contributed by atoms with E-state index in [-0.39, 0.29) is 24.0 Å². The van der Waals surface area contributed by atoms with Crippen LogP contribution in [0.3, 0.4) is 0 Å². The number of guanidine groups is 1. The smallest absolute Gasteiger partial charge is 0.193 e. The van der Waals surface area contributed by atoms with Crippen molar-refractivity contribution in [1.82, 2.24) is 10.2 Å². The average Bonchev–Trinajstić information content (AvgIpc) is 3.38. The first-order valence-electron chi connectivity index (χ1n) is 9.80. The first-order valence-corrected chi connectivity index (χ1v) is 9.80. The Hall–Kier alpha value is -0.0400. The molecular formula is C19H36IN3O. The van der Waals surface area contributed by atoms with Gasteiger partial charge < -0.3 is 15.0 Å². The van der Waals surface area contributed by atoms with Gasteiger partial charge in [0.15, 0.2) is 5.96 Å². The van der Waals surface area contributed by atoms with E-state index >= 15 is 0 Å². The molecular weight excluding hydrogens is 413 g/mol. The lowest BCUT2D eigenvalue weighted by atomic mass is 9.85. The molecule has 3 aliphatic rings. The van der Waals surface area contributed by atoms with Gasteiger partial charge in [0.2, 0.25) is 0 Å². The number of nitrogens with zero attached hydrogens (tertiary/aromatic N) is 2. The third-order valence-electron chi connectivity index (χ3n) is 6.20. The van der Waals surface area contributed by atoms with Crippen molar-refractivity contribution in [2.24, 2.45) is 22.7 Å². The van der Waals surface area contributed by atoms with E-state index in [9.17, 15) is 0 Å². The predicted molar refractivity (Wildman–Crippen MR) is 111 cm³/mol. The minimum absolute atomic E-state index is 0. The molecule has 3 rings (SSSR count). The van der Waals surface area contributed by atoms with Crippen LogP contribution in [0, 0.1) is 17.8 Å². The van der Waals surface area contributed by atoms with Crippen molar-refractivity contribution in [1.29, 1.82) is 0 Å². The Morgan fingerprint density at radius 3 is 2.50 bits per heavy atom. The van der Waals surface area contributed by atoms with E-state index in [1.54, 1.807) is 0 Å². The summed E-state index contributed by atoms with van der Waals surface area (Å²) in [6.07, 6.45) is 12.4. The molecule has 0 aromatic heterocycles. The van der Waals surface area contributed by atoms with Gasteiger partial charge in [0, 0.05) is 39.9 Å². The Morgan fingerprint density at radius 1 is 1.12 bits per heavy atom. The molecule has 4 nitrogen and oxygen atoms in total. The molecule has 0 radical (unpaired) electrons. The number of halogens is 1. The zero-order valence-corrected chi connectivity index (χ0v) is 17.8. The Morgan fingerprint density at radius 2 is 1.83 bits per heavy atom. The van der Waals surface area contributed by atoms with Gasteiger partial charge in [-0.1, -0.05) is 32.1 Å². The minimum atomic E-state index is 0. The standard InChI is InChI=1S/C19H35N3O.HI/c1-20-19(22(2)11-8-15-9-12-23-13-10-15)21-18-14-17(18)16-6-4-3-5-7-16;/h15-18H,3-14H2,1-2H3,(H,20,21);1H. The summed E-state index contributed by atoms with van der Waals surface area (Å²) in [5.74, 6) is 3.82. The molecule has 1 saturated heterocycles. The largest absolute Gasteiger partial charge is 0.381 e. The molecule has 0 spiro atoms. The number of aliphatic imine (C=N–C) groups is 1. The quantitative estimate of drug-likeness (QED) is 0.393. The summed E-state index contributed by atoms with van der Waals surface area (Å²) in [5, 5.41) is 3.73. The highest BCUT2D eigenvalue weighted by Gasteiger charge is 2.43. The molecule has 24 heavy (non-hydrogen) atoms. The highest BCUT2D eigenvalue weighted by molar-refractivity contribution is 14.0. The van der Waals surface area contributed by atoms with Crippen LogP contribution in [0.2, 0.25) is 0 Å². The number of nitrogens with one attached hydrogen (secondary N) is 1. The Kier molecular flexibility index (Phi) is 8.61. The van der Waals surface area contributed by atoms with Crippen LogP contribution < -0.4 is 5.32 Å². The van der Waals surface area contributed by atoms with E-state index in [4.69, 9.17) is 4.74 Å². The number of hydrogen-bond acceptors (Lipinski definition) is 2. The van der Waals surface area contributed by atoms with E-state index in [0.29, 0.717) is 6.04 Å². The van der Waals surface area contributed by atoms with E-state index < -0.39 is 0 Å². The molecule has 0 aromatic carbocycles. The van der Waals surface area contributed by atoms with Crippen molar-refractivity contribution < 1.29 is 4.74 Å². The van der Waals surface area contributed by atoms with Crippen molar-refractivity contribution in [3.05, 3.63) is 0 Å². The van der Waals surface area contributed by atoms with E-state index in [1.165, 1.54) is 57.8 Å². The summed E-state index contributed by atoms with van der Waals surface area (Å²) in [4.78, 5) is 6.84. The lowest BCUT2D eigenvalue weighted by Gasteiger charge is -2.27. The number of rotatable bonds is 5. The normalized spacial score (nSPS) is 29.0. The molecule has 1 aliphatic heterocycles. The van der Waals surface area contributed by atoms with Crippen molar-refractivity contribution >= 4 is 29.9 Å². The summed E-state index contributed by atoms with van der Waals surface area (Å²) < 4.78 is 5.46. The maximum Gasteiger partial charge on any atom is 0.193 e. The van der Waals surface area contributed by atoms with E-state index in [0.717, 1.165) is 43.5 Å². The third-order valence-corrected chi connectivity index (χ3v) is 6.20. The zero-order valence-electron chi connectivity index (χ0n) is 15.5. The fraction of sp³-hybridized carbons (Fsp3) is 0.947. The summed E-state index contributed by atoms with van der Waals surface area (Å²) in [5.41, 5.74) is 0. The van der Waals surface area contributed by atoms with Crippen LogP contribution in [0.4, 0.5) is 0 Å².